The van der Waals surface area contributed by atoms with Crippen molar-refractivity contribution in [2.45, 2.75) is 36.8 Å². The van der Waals surface area contributed by atoms with Gasteiger partial charge in [0, 0.05) is 17.7 Å². The summed E-state index contributed by atoms with van der Waals surface area (Å²) in [7, 11) is 0. The average Bonchev–Trinajstić information content (AvgIpc) is 2.76. The van der Waals surface area contributed by atoms with Crippen molar-refractivity contribution in [1.29, 1.82) is 0 Å². The van der Waals surface area contributed by atoms with Crippen LogP contribution in [0.15, 0.2) is 36.1 Å². The molecule has 4 unspecified atom stereocenters. The maximum absolute atomic E-state index is 10.3. The highest BCUT2D eigenvalue weighted by molar-refractivity contribution is 5.69. The maximum Gasteiger partial charge on any atom is 0.228 e. The van der Waals surface area contributed by atoms with Gasteiger partial charge in [-0.25, -0.2) is 0 Å². The number of phenols is 4. The Balaban J connectivity index is 1.74. The average molecular weight is 450 g/mol. The maximum atomic E-state index is 10.3. The summed E-state index contributed by atoms with van der Waals surface area (Å²) in [4.78, 5) is 0. The van der Waals surface area contributed by atoms with Gasteiger partial charge in [0.1, 0.15) is 47.4 Å². The molecular weight excluding hydrogens is 428 g/mol. The van der Waals surface area contributed by atoms with Crippen LogP contribution < -0.4 is 4.74 Å². The minimum atomic E-state index is -1.70. The number of hydrogen-bond donors (Lipinski definition) is 8. The molecule has 172 valence electrons. The first-order chi connectivity index (χ1) is 15.2. The van der Waals surface area contributed by atoms with Crippen molar-refractivity contribution in [1.82, 2.24) is 0 Å². The first-order valence-electron chi connectivity index (χ1n) is 9.63. The molecule has 2 aromatic rings. The summed E-state index contributed by atoms with van der Waals surface area (Å²) in [5, 5.41) is 79.2. The van der Waals surface area contributed by atoms with Gasteiger partial charge in [-0.3, -0.25) is 0 Å². The third-order valence-corrected chi connectivity index (χ3v) is 5.30. The van der Waals surface area contributed by atoms with Crippen LogP contribution in [0.3, 0.4) is 0 Å². The zero-order valence-electron chi connectivity index (χ0n) is 16.4. The highest BCUT2D eigenvalue weighted by Crippen LogP contribution is 2.45. The van der Waals surface area contributed by atoms with Gasteiger partial charge < -0.3 is 55.1 Å². The number of rotatable bonds is 4. The van der Waals surface area contributed by atoms with Crippen molar-refractivity contribution < 1.29 is 55.1 Å². The smallest absolute Gasteiger partial charge is 0.228 e. The molecule has 2 aliphatic rings. The van der Waals surface area contributed by atoms with Crippen LogP contribution in [-0.4, -0.2) is 78.2 Å². The molecule has 2 aromatic carbocycles. The summed E-state index contributed by atoms with van der Waals surface area (Å²) < 4.78 is 17.0. The Morgan fingerprint density at radius 3 is 2.28 bits per heavy atom. The van der Waals surface area contributed by atoms with Crippen molar-refractivity contribution >= 4 is 6.08 Å². The Hall–Kier alpha value is -3.22. The Labute approximate surface area is 181 Å². The van der Waals surface area contributed by atoms with Gasteiger partial charge in [0.2, 0.25) is 6.29 Å². The molecule has 0 aliphatic carbocycles. The lowest BCUT2D eigenvalue weighted by Gasteiger charge is -2.41. The van der Waals surface area contributed by atoms with E-state index < -0.39 is 49.2 Å². The van der Waals surface area contributed by atoms with Gasteiger partial charge in [0.15, 0.2) is 17.6 Å². The second-order valence-corrected chi connectivity index (χ2v) is 7.48. The van der Waals surface area contributed by atoms with E-state index in [-0.39, 0.29) is 34.3 Å². The minimum Gasteiger partial charge on any atom is -0.508 e. The molecule has 1 fully saturated rings. The molecule has 11 heteroatoms. The zero-order chi connectivity index (χ0) is 23.2. The number of aliphatic hydroxyl groups is 4. The fourth-order valence-electron chi connectivity index (χ4n) is 3.57. The van der Waals surface area contributed by atoms with E-state index in [4.69, 9.17) is 14.2 Å². The first kappa shape index (κ1) is 22.0. The second-order valence-electron chi connectivity index (χ2n) is 7.48. The molecule has 4 rings (SSSR count). The molecule has 8 N–H and O–H groups in total. The molecule has 0 spiro atoms. The zero-order valence-corrected chi connectivity index (χ0v) is 16.4. The summed E-state index contributed by atoms with van der Waals surface area (Å²) in [5.74, 6) is -1.36. The molecule has 2 heterocycles. The first-order valence-corrected chi connectivity index (χ1v) is 9.63. The summed E-state index contributed by atoms with van der Waals surface area (Å²) in [6, 6.07) is 6.19. The number of hydrogen-bond acceptors (Lipinski definition) is 11. The largest absolute Gasteiger partial charge is 0.508 e. The predicted molar refractivity (Wildman–Crippen MR) is 106 cm³/mol. The standard InChI is InChI=1S/C21H22O11/c22-7-16-17(27)18(28)19(29)21(32-16)31-15-6-10-12(25)4-9(23)5-14(10)30-20(15)8-1-2-11(24)13(26)3-8/h1-6,16-29H,7H2/t16?,17-,18?,19?,20?,21-/m1/s1. The molecule has 0 aromatic heterocycles. The Bertz CT molecular complexity index is 1030. The predicted octanol–water partition coefficient (Wildman–Crippen LogP) is -0.200. The normalized spacial score (nSPS) is 29.6. The van der Waals surface area contributed by atoms with Gasteiger partial charge in [-0.05, 0) is 18.2 Å². The summed E-state index contributed by atoms with van der Waals surface area (Å²) in [6.45, 7) is -0.654. The summed E-state index contributed by atoms with van der Waals surface area (Å²) in [5.41, 5.74) is 0.436. The lowest BCUT2D eigenvalue weighted by atomic mass is 9.98. The lowest BCUT2D eigenvalue weighted by Crippen LogP contribution is -2.59. The summed E-state index contributed by atoms with van der Waals surface area (Å²) in [6.07, 6.45) is -7.44. The van der Waals surface area contributed by atoms with Crippen LogP contribution in [0.2, 0.25) is 0 Å². The number of aliphatic hydroxyl groups excluding tert-OH is 4. The molecule has 0 amide bonds. The summed E-state index contributed by atoms with van der Waals surface area (Å²) >= 11 is 0. The van der Waals surface area contributed by atoms with Gasteiger partial charge in [0.05, 0.1) is 12.2 Å². The van der Waals surface area contributed by atoms with Crippen molar-refractivity contribution in [3.63, 3.8) is 0 Å². The molecule has 32 heavy (non-hydrogen) atoms. The number of fused-ring (bicyclic) bond motifs is 1. The van der Waals surface area contributed by atoms with Crippen LogP contribution in [-0.2, 0) is 9.47 Å². The Morgan fingerprint density at radius 1 is 0.844 bits per heavy atom. The van der Waals surface area contributed by atoms with E-state index in [0.717, 1.165) is 6.07 Å². The Morgan fingerprint density at radius 2 is 1.59 bits per heavy atom. The highest BCUT2D eigenvalue weighted by Gasteiger charge is 2.46. The van der Waals surface area contributed by atoms with Crippen LogP contribution in [0.4, 0.5) is 0 Å². The van der Waals surface area contributed by atoms with E-state index in [1.54, 1.807) is 0 Å². The number of aromatic hydroxyl groups is 4. The van der Waals surface area contributed by atoms with Gasteiger partial charge >= 0.3 is 0 Å². The van der Waals surface area contributed by atoms with Crippen LogP contribution in [0.25, 0.3) is 6.08 Å². The van der Waals surface area contributed by atoms with Gasteiger partial charge in [-0.1, -0.05) is 6.07 Å². The molecule has 11 nitrogen and oxygen atoms in total. The van der Waals surface area contributed by atoms with Crippen LogP contribution in [0.5, 0.6) is 28.7 Å². The molecule has 0 bridgehead atoms. The van der Waals surface area contributed by atoms with Crippen molar-refractivity contribution in [3.8, 4) is 28.7 Å². The molecule has 0 radical (unpaired) electrons. The van der Waals surface area contributed by atoms with Crippen molar-refractivity contribution in [3.05, 3.63) is 47.2 Å². The Kier molecular flexibility index (Phi) is 5.75. The second kappa shape index (κ2) is 8.37. The van der Waals surface area contributed by atoms with Crippen molar-refractivity contribution in [2.24, 2.45) is 0 Å². The SMILES string of the molecule is OCC1O[C@@H](OC2=Cc3c(O)cc(O)cc3OC2c2ccc(O)c(O)c2)C(O)C(O)[C@@H]1O. The van der Waals surface area contributed by atoms with Crippen LogP contribution >= 0.6 is 0 Å². The van der Waals surface area contributed by atoms with Gasteiger partial charge in [0.25, 0.3) is 0 Å². The third kappa shape index (κ3) is 3.87. The molecule has 1 saturated heterocycles. The lowest BCUT2D eigenvalue weighted by molar-refractivity contribution is -0.293. The fourth-order valence-corrected chi connectivity index (χ4v) is 3.57. The van der Waals surface area contributed by atoms with Gasteiger partial charge in [-0.2, -0.15) is 0 Å². The number of ether oxygens (including phenoxy) is 3. The molecular formula is C21H22O11. The molecule has 0 saturated carbocycles. The van der Waals surface area contributed by atoms with Gasteiger partial charge in [-0.15, -0.1) is 0 Å². The monoisotopic (exact) mass is 450 g/mol. The molecule has 2 aliphatic heterocycles. The van der Waals surface area contributed by atoms with E-state index in [2.05, 4.69) is 0 Å². The fraction of sp³-hybridized carbons (Fsp3) is 0.333. The number of phenolic OH excluding ortho intramolecular Hbond substituents is 4. The van der Waals surface area contributed by atoms with Crippen molar-refractivity contribution in [2.75, 3.05) is 6.61 Å². The van der Waals surface area contributed by atoms with E-state index in [9.17, 15) is 40.9 Å². The highest BCUT2D eigenvalue weighted by atomic mass is 16.7. The van der Waals surface area contributed by atoms with E-state index >= 15 is 0 Å². The van der Waals surface area contributed by atoms with Crippen LogP contribution in [0.1, 0.15) is 17.2 Å². The minimum absolute atomic E-state index is 0.0343. The molecule has 6 atom stereocenters. The van der Waals surface area contributed by atoms with E-state index in [1.807, 2.05) is 0 Å². The van der Waals surface area contributed by atoms with Crippen LogP contribution in [0, 0.1) is 0 Å². The van der Waals surface area contributed by atoms with E-state index in [1.165, 1.54) is 30.3 Å². The third-order valence-electron chi connectivity index (χ3n) is 5.30. The number of benzene rings is 2. The topological polar surface area (TPSA) is 190 Å². The van der Waals surface area contributed by atoms with E-state index in [0.29, 0.717) is 5.56 Å². The quantitative estimate of drug-likeness (QED) is 0.288.